The van der Waals surface area contributed by atoms with Gasteiger partial charge in [-0.05, 0) is 35.7 Å². The van der Waals surface area contributed by atoms with Crippen LogP contribution < -0.4 is 10.9 Å². The number of carbonyl (C=O) groups is 1. The quantitative estimate of drug-likeness (QED) is 0.576. The number of nitrogens with one attached hydrogen (secondary N) is 2. The monoisotopic (exact) mass is 361 g/mol. The summed E-state index contributed by atoms with van der Waals surface area (Å²) >= 11 is 0. The van der Waals surface area contributed by atoms with Crippen molar-refractivity contribution in [3.05, 3.63) is 70.1 Å². The van der Waals surface area contributed by atoms with E-state index in [-0.39, 0.29) is 23.8 Å². The summed E-state index contributed by atoms with van der Waals surface area (Å²) in [6.07, 6.45) is 0.109. The van der Waals surface area contributed by atoms with Crippen LogP contribution in [-0.4, -0.2) is 16.0 Å². The number of rotatable bonds is 4. The van der Waals surface area contributed by atoms with E-state index >= 15 is 0 Å². The Bertz CT molecular complexity index is 1200. The van der Waals surface area contributed by atoms with E-state index in [4.69, 9.17) is 4.52 Å². The van der Waals surface area contributed by atoms with Crippen LogP contribution in [0.3, 0.4) is 0 Å². The van der Waals surface area contributed by atoms with Crippen LogP contribution >= 0.6 is 0 Å². The molecule has 4 rings (SSSR count). The Morgan fingerprint density at radius 3 is 2.78 bits per heavy atom. The second-order valence-corrected chi connectivity index (χ2v) is 6.85. The first kappa shape index (κ1) is 17.0. The highest BCUT2D eigenvalue weighted by atomic mass is 16.5. The van der Waals surface area contributed by atoms with Gasteiger partial charge in [-0.3, -0.25) is 9.59 Å². The number of benzene rings is 2. The lowest BCUT2D eigenvalue weighted by atomic mass is 9.99. The van der Waals surface area contributed by atoms with Crippen molar-refractivity contribution >= 4 is 33.5 Å². The van der Waals surface area contributed by atoms with E-state index in [1.165, 1.54) is 0 Å². The fourth-order valence-corrected chi connectivity index (χ4v) is 3.27. The summed E-state index contributed by atoms with van der Waals surface area (Å²) in [4.78, 5) is 27.2. The number of pyridine rings is 1. The molecule has 2 N–H and O–H groups in total. The maximum absolute atomic E-state index is 12.4. The van der Waals surface area contributed by atoms with Gasteiger partial charge in [0.15, 0.2) is 5.58 Å². The minimum Gasteiger partial charge on any atom is -0.356 e. The Hall–Kier alpha value is -3.41. The Morgan fingerprint density at radius 2 is 1.96 bits per heavy atom. The number of hydrogen-bond acceptors (Lipinski definition) is 4. The average molecular weight is 361 g/mol. The second kappa shape index (κ2) is 6.72. The van der Waals surface area contributed by atoms with Gasteiger partial charge < -0.3 is 14.8 Å². The molecule has 0 fully saturated rings. The summed E-state index contributed by atoms with van der Waals surface area (Å²) in [5.74, 6) is 0.0338. The van der Waals surface area contributed by atoms with Crippen molar-refractivity contribution in [2.75, 3.05) is 5.32 Å². The van der Waals surface area contributed by atoms with Gasteiger partial charge in [0.05, 0.1) is 11.9 Å². The summed E-state index contributed by atoms with van der Waals surface area (Å²) < 4.78 is 5.24. The van der Waals surface area contributed by atoms with E-state index in [2.05, 4.69) is 15.5 Å². The molecule has 2 aromatic carbocycles. The Kier molecular flexibility index (Phi) is 4.24. The largest absolute Gasteiger partial charge is 0.356 e. The molecule has 0 aliphatic rings. The number of fused-ring (bicyclic) bond motifs is 2. The SMILES string of the molecule is CC(C)c1cc(=O)[nH]c2cc(NC(=O)Cc3noc4ccccc34)ccc12. The zero-order valence-electron chi connectivity index (χ0n) is 15.1. The molecule has 2 aromatic heterocycles. The zero-order chi connectivity index (χ0) is 19.0. The van der Waals surface area contributed by atoms with Gasteiger partial charge >= 0.3 is 0 Å². The number of aromatic nitrogens is 2. The van der Waals surface area contributed by atoms with Crippen molar-refractivity contribution in [2.45, 2.75) is 26.2 Å². The number of carbonyl (C=O) groups excluding carboxylic acids is 1. The third kappa shape index (κ3) is 3.33. The fraction of sp³-hybridized carbons (Fsp3) is 0.190. The number of nitrogens with zero attached hydrogens (tertiary/aromatic N) is 1. The number of anilines is 1. The van der Waals surface area contributed by atoms with Crippen LogP contribution in [0.15, 0.2) is 57.8 Å². The highest BCUT2D eigenvalue weighted by molar-refractivity contribution is 5.96. The van der Waals surface area contributed by atoms with Gasteiger partial charge in [0.1, 0.15) is 5.69 Å². The molecule has 2 heterocycles. The lowest BCUT2D eigenvalue weighted by Crippen LogP contribution is -2.15. The van der Waals surface area contributed by atoms with Gasteiger partial charge in [0, 0.05) is 22.5 Å². The van der Waals surface area contributed by atoms with E-state index < -0.39 is 0 Å². The topological polar surface area (TPSA) is 88.0 Å². The first-order valence-corrected chi connectivity index (χ1v) is 8.81. The molecular weight excluding hydrogens is 342 g/mol. The van der Waals surface area contributed by atoms with Crippen molar-refractivity contribution in [3.8, 4) is 0 Å². The standard InChI is InChI=1S/C21H19N3O3/c1-12(2)16-10-20(25)23-17-9-13(7-8-14(16)17)22-21(26)11-18-15-5-3-4-6-19(15)27-24-18/h3-10,12H,11H2,1-2H3,(H,22,26)(H,23,25). The summed E-state index contributed by atoms with van der Waals surface area (Å²) in [7, 11) is 0. The Labute approximate surface area is 155 Å². The lowest BCUT2D eigenvalue weighted by molar-refractivity contribution is -0.115. The van der Waals surface area contributed by atoms with Gasteiger partial charge in [-0.1, -0.05) is 37.2 Å². The lowest BCUT2D eigenvalue weighted by Gasteiger charge is -2.11. The van der Waals surface area contributed by atoms with Crippen LogP contribution in [0.4, 0.5) is 5.69 Å². The molecule has 27 heavy (non-hydrogen) atoms. The van der Waals surface area contributed by atoms with E-state index in [0.29, 0.717) is 22.5 Å². The molecule has 6 heteroatoms. The average Bonchev–Trinajstić information content (AvgIpc) is 3.03. The van der Waals surface area contributed by atoms with Crippen molar-refractivity contribution in [2.24, 2.45) is 0 Å². The molecule has 0 aliphatic heterocycles. The van der Waals surface area contributed by atoms with Gasteiger partial charge in [0.25, 0.3) is 0 Å². The molecule has 0 saturated heterocycles. The van der Waals surface area contributed by atoms with Crippen LogP contribution in [0.1, 0.15) is 31.0 Å². The summed E-state index contributed by atoms with van der Waals surface area (Å²) in [5, 5.41) is 8.66. The normalized spacial score (nSPS) is 11.4. The van der Waals surface area contributed by atoms with Crippen LogP contribution in [-0.2, 0) is 11.2 Å². The molecule has 0 atom stereocenters. The van der Waals surface area contributed by atoms with Crippen molar-refractivity contribution < 1.29 is 9.32 Å². The maximum atomic E-state index is 12.4. The first-order chi connectivity index (χ1) is 13.0. The molecule has 0 saturated carbocycles. The highest BCUT2D eigenvalue weighted by Gasteiger charge is 2.13. The van der Waals surface area contributed by atoms with Crippen LogP contribution in [0.25, 0.3) is 21.9 Å². The number of amides is 1. The summed E-state index contributed by atoms with van der Waals surface area (Å²) in [6, 6.07) is 14.6. The van der Waals surface area contributed by atoms with Gasteiger partial charge in [-0.15, -0.1) is 0 Å². The minimum absolute atomic E-state index is 0.109. The third-order valence-corrected chi connectivity index (χ3v) is 4.56. The molecule has 0 unspecified atom stereocenters. The summed E-state index contributed by atoms with van der Waals surface area (Å²) in [5.41, 5.74) is 3.42. The van der Waals surface area contributed by atoms with E-state index in [0.717, 1.165) is 16.3 Å². The number of H-pyrrole nitrogens is 1. The zero-order valence-corrected chi connectivity index (χ0v) is 15.1. The van der Waals surface area contributed by atoms with Gasteiger partial charge in [-0.25, -0.2) is 0 Å². The first-order valence-electron chi connectivity index (χ1n) is 8.81. The van der Waals surface area contributed by atoms with Gasteiger partial charge in [-0.2, -0.15) is 0 Å². The third-order valence-electron chi connectivity index (χ3n) is 4.56. The van der Waals surface area contributed by atoms with Crippen molar-refractivity contribution in [3.63, 3.8) is 0 Å². The van der Waals surface area contributed by atoms with E-state index in [1.807, 2.05) is 50.2 Å². The van der Waals surface area contributed by atoms with E-state index in [1.54, 1.807) is 12.1 Å². The molecule has 0 radical (unpaired) electrons. The van der Waals surface area contributed by atoms with Crippen LogP contribution in [0.2, 0.25) is 0 Å². The molecule has 0 aliphatic carbocycles. The van der Waals surface area contributed by atoms with Crippen LogP contribution in [0, 0.1) is 0 Å². The van der Waals surface area contributed by atoms with Crippen molar-refractivity contribution in [1.29, 1.82) is 0 Å². The minimum atomic E-state index is -0.198. The smallest absolute Gasteiger partial charge is 0.248 e. The number of aromatic amines is 1. The summed E-state index contributed by atoms with van der Waals surface area (Å²) in [6.45, 7) is 4.10. The van der Waals surface area contributed by atoms with Gasteiger partial charge in [0.2, 0.25) is 11.5 Å². The molecule has 0 bridgehead atoms. The van der Waals surface area contributed by atoms with Crippen LogP contribution in [0.5, 0.6) is 0 Å². The Morgan fingerprint density at radius 1 is 1.15 bits per heavy atom. The number of para-hydroxylation sites is 1. The molecule has 6 nitrogen and oxygen atoms in total. The second-order valence-electron chi connectivity index (χ2n) is 6.85. The predicted molar refractivity (Wildman–Crippen MR) is 105 cm³/mol. The highest BCUT2D eigenvalue weighted by Crippen LogP contribution is 2.25. The fourth-order valence-electron chi connectivity index (χ4n) is 3.27. The van der Waals surface area contributed by atoms with Crippen molar-refractivity contribution in [1.82, 2.24) is 10.1 Å². The molecule has 4 aromatic rings. The molecule has 136 valence electrons. The molecule has 1 amide bonds. The predicted octanol–water partition coefficient (Wildman–Crippen LogP) is 3.97. The number of hydrogen-bond donors (Lipinski definition) is 2. The Balaban J connectivity index is 1.59. The molecular formula is C21H19N3O3. The molecule has 0 spiro atoms. The maximum Gasteiger partial charge on any atom is 0.248 e. The van der Waals surface area contributed by atoms with E-state index in [9.17, 15) is 9.59 Å².